The molecule has 1 aromatic carbocycles. The van der Waals surface area contributed by atoms with Crippen molar-refractivity contribution in [2.24, 2.45) is 0 Å². The fourth-order valence-corrected chi connectivity index (χ4v) is 0.825. The van der Waals surface area contributed by atoms with E-state index in [2.05, 4.69) is 37.6 Å². The predicted octanol–water partition coefficient (Wildman–Crippen LogP) is 2.65. The normalized spacial score (nSPS) is 8.10. The van der Waals surface area contributed by atoms with E-state index >= 15 is 0 Å². The molecule has 0 aliphatic rings. The van der Waals surface area contributed by atoms with Gasteiger partial charge in [0.1, 0.15) is 0 Å². The molecule has 0 saturated carbocycles. The number of hydrogen-bond acceptors (Lipinski definition) is 0. The van der Waals surface area contributed by atoms with Crippen molar-refractivity contribution < 1.29 is 21.1 Å². The first-order valence-corrected chi connectivity index (χ1v) is 3.31. The van der Waals surface area contributed by atoms with Crippen LogP contribution in [0.25, 0.3) is 0 Å². The number of benzene rings is 1. The molecule has 0 nitrogen and oxygen atoms in total. The number of hydrogen-bond donors (Lipinski definition) is 0. The molecule has 0 amide bonds. The molecule has 1 aromatic rings. The second kappa shape index (κ2) is 5.55. The Morgan fingerprint density at radius 2 is 1.80 bits per heavy atom. The first-order valence-electron chi connectivity index (χ1n) is 3.31. The first kappa shape index (κ1) is 9.78. The zero-order valence-corrected chi connectivity index (χ0v) is 8.09. The maximum absolute atomic E-state index is 2.21. The molecule has 0 N–H and O–H groups in total. The van der Waals surface area contributed by atoms with E-state index in [1.54, 1.807) is 0 Å². The molecule has 0 aromatic heterocycles. The van der Waals surface area contributed by atoms with E-state index in [1.165, 1.54) is 5.56 Å². The summed E-state index contributed by atoms with van der Waals surface area (Å²) in [5.41, 5.74) is 1.32. The Labute approximate surface area is 76.9 Å². The van der Waals surface area contributed by atoms with Crippen LogP contribution >= 0.6 is 0 Å². The van der Waals surface area contributed by atoms with Gasteiger partial charge in [-0.15, -0.1) is 12.1 Å². The van der Waals surface area contributed by atoms with Crippen LogP contribution in [0.5, 0.6) is 0 Å². The molecule has 1 rings (SSSR count). The Morgan fingerprint density at radius 3 is 2.30 bits per heavy atom. The van der Waals surface area contributed by atoms with Gasteiger partial charge in [0.25, 0.3) is 0 Å². The molecule has 0 radical (unpaired) electrons. The molecular formula is C9H11Mo-. The van der Waals surface area contributed by atoms with Crippen molar-refractivity contribution in [3.63, 3.8) is 0 Å². The Balaban J connectivity index is 0.000000810. The van der Waals surface area contributed by atoms with Crippen LogP contribution in [0.15, 0.2) is 30.3 Å². The van der Waals surface area contributed by atoms with Gasteiger partial charge in [0.15, 0.2) is 0 Å². The van der Waals surface area contributed by atoms with E-state index in [-0.39, 0.29) is 21.1 Å². The Hall–Kier alpha value is -0.222. The monoisotopic (exact) mass is 217 g/mol. The van der Waals surface area contributed by atoms with Crippen LogP contribution in [0.2, 0.25) is 0 Å². The SMILES string of the molecule is CC[CH-]c1ccccc1.[Mo]. The second-order valence-corrected chi connectivity index (χ2v) is 2.02. The van der Waals surface area contributed by atoms with E-state index in [0.29, 0.717) is 0 Å². The summed E-state index contributed by atoms with van der Waals surface area (Å²) >= 11 is 0. The minimum absolute atomic E-state index is 0. The molecular weight excluding hydrogens is 204 g/mol. The van der Waals surface area contributed by atoms with Gasteiger partial charge in [0.2, 0.25) is 0 Å². The molecule has 0 saturated heterocycles. The van der Waals surface area contributed by atoms with Gasteiger partial charge >= 0.3 is 0 Å². The summed E-state index contributed by atoms with van der Waals surface area (Å²) in [6, 6.07) is 10.4. The maximum atomic E-state index is 2.21. The van der Waals surface area contributed by atoms with Crippen LogP contribution in [-0.2, 0) is 21.1 Å². The third-order valence-electron chi connectivity index (χ3n) is 1.24. The molecule has 1 heteroatoms. The van der Waals surface area contributed by atoms with Gasteiger partial charge < -0.3 is 0 Å². The van der Waals surface area contributed by atoms with Crippen molar-refractivity contribution in [1.82, 2.24) is 0 Å². The third kappa shape index (κ3) is 3.08. The molecule has 10 heavy (non-hydrogen) atoms. The van der Waals surface area contributed by atoms with Crippen LogP contribution in [0.3, 0.4) is 0 Å². The molecule has 0 atom stereocenters. The van der Waals surface area contributed by atoms with Gasteiger partial charge in [-0.3, -0.25) is 0 Å². The van der Waals surface area contributed by atoms with E-state index < -0.39 is 0 Å². The van der Waals surface area contributed by atoms with E-state index in [1.807, 2.05) is 6.07 Å². The van der Waals surface area contributed by atoms with Crippen molar-refractivity contribution in [3.05, 3.63) is 42.3 Å². The maximum Gasteiger partial charge on any atom is 0 e. The van der Waals surface area contributed by atoms with Gasteiger partial charge in [-0.1, -0.05) is 19.4 Å². The average Bonchev–Trinajstić information content (AvgIpc) is 1.91. The summed E-state index contributed by atoms with van der Waals surface area (Å²) < 4.78 is 0. The number of rotatable bonds is 2. The van der Waals surface area contributed by atoms with Crippen molar-refractivity contribution in [2.45, 2.75) is 13.3 Å². The Bertz CT molecular complexity index is 158. The summed E-state index contributed by atoms with van der Waals surface area (Å²) in [5, 5.41) is 0. The van der Waals surface area contributed by atoms with Crippen LogP contribution in [0, 0.1) is 6.42 Å². The summed E-state index contributed by atoms with van der Waals surface area (Å²) in [4.78, 5) is 0. The summed E-state index contributed by atoms with van der Waals surface area (Å²) in [5.74, 6) is 0. The fraction of sp³-hybridized carbons (Fsp3) is 0.222. The quantitative estimate of drug-likeness (QED) is 0.525. The smallest absolute Gasteiger partial charge is 0 e. The standard InChI is InChI=1S/C9H11.Mo/c1-2-6-9-7-4-3-5-8-9;/h3-8H,2H2,1H3;/q-1;. The molecule has 0 unspecified atom stereocenters. The van der Waals surface area contributed by atoms with Gasteiger partial charge in [-0.05, 0) is 0 Å². The minimum Gasteiger partial charge on any atom is -0.192 e. The largest absolute Gasteiger partial charge is 0.192 e. The molecule has 0 aliphatic carbocycles. The summed E-state index contributed by atoms with van der Waals surface area (Å²) in [6.45, 7) is 2.15. The summed E-state index contributed by atoms with van der Waals surface area (Å²) in [6.07, 6.45) is 3.32. The van der Waals surface area contributed by atoms with E-state index in [4.69, 9.17) is 0 Å². The van der Waals surface area contributed by atoms with Crippen molar-refractivity contribution in [1.29, 1.82) is 0 Å². The van der Waals surface area contributed by atoms with Crippen molar-refractivity contribution >= 4 is 0 Å². The average molecular weight is 215 g/mol. The molecule has 0 aliphatic heterocycles. The van der Waals surface area contributed by atoms with Gasteiger partial charge in [-0.25, -0.2) is 0 Å². The van der Waals surface area contributed by atoms with Crippen molar-refractivity contribution in [3.8, 4) is 0 Å². The molecule has 0 bridgehead atoms. The topological polar surface area (TPSA) is 0 Å². The summed E-state index contributed by atoms with van der Waals surface area (Å²) in [7, 11) is 0. The zero-order valence-electron chi connectivity index (χ0n) is 6.08. The molecule has 0 heterocycles. The molecule has 54 valence electrons. The van der Waals surface area contributed by atoms with Gasteiger partial charge in [0.05, 0.1) is 0 Å². The van der Waals surface area contributed by atoms with Gasteiger partial charge in [-0.2, -0.15) is 24.1 Å². The Morgan fingerprint density at radius 1 is 1.20 bits per heavy atom. The zero-order chi connectivity index (χ0) is 6.53. The minimum atomic E-state index is 0. The van der Waals surface area contributed by atoms with E-state index in [9.17, 15) is 0 Å². The van der Waals surface area contributed by atoms with Gasteiger partial charge in [0, 0.05) is 21.1 Å². The fourth-order valence-electron chi connectivity index (χ4n) is 0.825. The van der Waals surface area contributed by atoms with Crippen LogP contribution in [-0.4, -0.2) is 0 Å². The van der Waals surface area contributed by atoms with Crippen LogP contribution < -0.4 is 0 Å². The van der Waals surface area contributed by atoms with Crippen molar-refractivity contribution in [2.75, 3.05) is 0 Å². The third-order valence-corrected chi connectivity index (χ3v) is 1.24. The first-order chi connectivity index (χ1) is 4.43. The molecule has 0 fully saturated rings. The van der Waals surface area contributed by atoms with E-state index in [0.717, 1.165) is 6.42 Å². The Kier molecular flexibility index (Phi) is 5.43. The van der Waals surface area contributed by atoms with Crippen LogP contribution in [0.4, 0.5) is 0 Å². The molecule has 0 spiro atoms. The van der Waals surface area contributed by atoms with Crippen LogP contribution in [0.1, 0.15) is 18.9 Å². The predicted molar refractivity (Wildman–Crippen MR) is 40.1 cm³/mol. The second-order valence-electron chi connectivity index (χ2n) is 2.02.